The number of hydrogen-bond donors (Lipinski definition) is 4. The van der Waals surface area contributed by atoms with Gasteiger partial charge in [0.2, 0.25) is 0 Å². The molecular weight excluding hydrogens is 124 g/mol. The van der Waals surface area contributed by atoms with Gasteiger partial charge in [0.1, 0.15) is 6.10 Å². The van der Waals surface area contributed by atoms with Crippen LogP contribution < -0.4 is 11.3 Å². The van der Waals surface area contributed by atoms with Crippen LogP contribution in [-0.4, -0.2) is 29.3 Å². The first kappa shape index (κ1) is 11.2. The van der Waals surface area contributed by atoms with Gasteiger partial charge in [0.05, 0.1) is 0 Å². The molecule has 0 bridgehead atoms. The Labute approximate surface area is 53.4 Å². The molecule has 0 radical (unpaired) electrons. The van der Waals surface area contributed by atoms with Crippen LogP contribution in [0.15, 0.2) is 0 Å². The second-order valence-corrected chi connectivity index (χ2v) is 1.30. The first-order valence-electron chi connectivity index (χ1n) is 2.34. The van der Waals surface area contributed by atoms with Gasteiger partial charge in [-0.2, -0.15) is 0 Å². The van der Waals surface area contributed by atoms with Gasteiger partial charge in [-0.15, -0.1) is 0 Å². The van der Waals surface area contributed by atoms with Gasteiger partial charge >= 0.3 is 5.97 Å². The highest BCUT2D eigenvalue weighted by atomic mass is 16.4. The molecule has 5 N–H and O–H groups in total. The zero-order valence-corrected chi connectivity index (χ0v) is 5.46. The van der Waals surface area contributed by atoms with Gasteiger partial charge in [-0.1, -0.05) is 0 Å². The maximum Gasteiger partial charge on any atom is 0.332 e. The van der Waals surface area contributed by atoms with Crippen LogP contribution in [0.1, 0.15) is 6.92 Å². The van der Waals surface area contributed by atoms with E-state index >= 15 is 0 Å². The molecule has 9 heavy (non-hydrogen) atoms. The number of nitrogens with two attached hydrogens (primary N) is 1. The first-order valence-corrected chi connectivity index (χ1v) is 2.34. The highest BCUT2D eigenvalue weighted by molar-refractivity contribution is 5.71. The number of nitrogens with one attached hydrogen (secondary N) is 1. The number of hydrazine groups is 1. The molecule has 0 fully saturated rings. The largest absolute Gasteiger partial charge is 0.479 e. The molecule has 0 heterocycles. The first-order chi connectivity index (χ1) is 4.06. The lowest BCUT2D eigenvalue weighted by atomic mass is 10.4. The van der Waals surface area contributed by atoms with Gasteiger partial charge in [0.25, 0.3) is 0 Å². The fourth-order valence-electron chi connectivity index (χ4n) is 0. The number of hydrogen-bond acceptors (Lipinski definition) is 4. The standard InChI is InChI=1S/C3H6O3.CH6N2/c1-2(4)3(5)6;1-3-2/h2,4H,1H3,(H,5,6);3H,2H2,1H3. The zero-order valence-electron chi connectivity index (χ0n) is 5.46. The zero-order chi connectivity index (χ0) is 7.86. The van der Waals surface area contributed by atoms with Crippen molar-refractivity contribution >= 4 is 5.97 Å². The Morgan fingerprint density at radius 3 is 1.89 bits per heavy atom. The van der Waals surface area contributed by atoms with Gasteiger partial charge < -0.3 is 10.2 Å². The topological polar surface area (TPSA) is 95.6 Å². The molecule has 0 aliphatic rings. The number of rotatable bonds is 1. The number of aliphatic hydroxyl groups is 1. The molecule has 1 atom stereocenters. The summed E-state index contributed by atoms with van der Waals surface area (Å²) >= 11 is 0. The van der Waals surface area contributed by atoms with E-state index in [1.54, 1.807) is 7.05 Å². The molecular formula is C4H12N2O3. The number of aliphatic carboxylic acids is 1. The minimum Gasteiger partial charge on any atom is -0.479 e. The minimum absolute atomic E-state index is 1.19. The Bertz CT molecular complexity index is 74.2. The van der Waals surface area contributed by atoms with Crippen LogP contribution in [-0.2, 0) is 4.79 Å². The van der Waals surface area contributed by atoms with E-state index in [0.717, 1.165) is 0 Å². The van der Waals surface area contributed by atoms with Crippen molar-refractivity contribution in [3.8, 4) is 0 Å². The molecule has 0 spiro atoms. The van der Waals surface area contributed by atoms with Gasteiger partial charge in [0, 0.05) is 0 Å². The summed E-state index contributed by atoms with van der Waals surface area (Å²) in [5.74, 6) is 3.41. The van der Waals surface area contributed by atoms with Crippen molar-refractivity contribution in [2.75, 3.05) is 7.05 Å². The van der Waals surface area contributed by atoms with Crippen molar-refractivity contribution in [3.05, 3.63) is 0 Å². The summed E-state index contributed by atoms with van der Waals surface area (Å²) in [4.78, 5) is 9.45. The van der Waals surface area contributed by atoms with Crippen LogP contribution in [0.4, 0.5) is 0 Å². The Morgan fingerprint density at radius 1 is 1.78 bits per heavy atom. The average Bonchev–Trinajstić information content (AvgIpc) is 1.68. The third kappa shape index (κ3) is 18.7. The van der Waals surface area contributed by atoms with Gasteiger partial charge in [0.15, 0.2) is 0 Å². The lowest BCUT2D eigenvalue weighted by Gasteiger charge is -1.89. The summed E-state index contributed by atoms with van der Waals surface area (Å²) in [5, 5.41) is 15.8. The van der Waals surface area contributed by atoms with Crippen LogP contribution in [0.25, 0.3) is 0 Å². The van der Waals surface area contributed by atoms with Crippen molar-refractivity contribution < 1.29 is 15.0 Å². The highest BCUT2D eigenvalue weighted by Gasteiger charge is 2.01. The smallest absolute Gasteiger partial charge is 0.332 e. The van der Waals surface area contributed by atoms with Crippen molar-refractivity contribution in [2.45, 2.75) is 13.0 Å². The molecule has 5 heteroatoms. The molecule has 0 aliphatic carbocycles. The number of carbonyl (C=O) groups is 1. The Kier molecular flexibility index (Phi) is 9.14. The molecule has 0 saturated carbocycles. The molecule has 0 aromatic heterocycles. The lowest BCUT2D eigenvalue weighted by Crippen LogP contribution is -2.13. The van der Waals surface area contributed by atoms with E-state index < -0.39 is 12.1 Å². The van der Waals surface area contributed by atoms with Crippen molar-refractivity contribution in [1.29, 1.82) is 0 Å². The maximum atomic E-state index is 9.45. The quantitative estimate of drug-likeness (QED) is 0.261. The van der Waals surface area contributed by atoms with Crippen LogP contribution in [0.5, 0.6) is 0 Å². The van der Waals surface area contributed by atoms with E-state index in [0.29, 0.717) is 0 Å². The molecule has 5 nitrogen and oxygen atoms in total. The number of aliphatic hydroxyl groups excluding tert-OH is 1. The molecule has 0 rings (SSSR count). The van der Waals surface area contributed by atoms with Gasteiger partial charge in [-0.05, 0) is 14.0 Å². The summed E-state index contributed by atoms with van der Waals surface area (Å²) in [6, 6.07) is 0. The third-order valence-electron chi connectivity index (χ3n) is 0.357. The van der Waals surface area contributed by atoms with Crippen LogP contribution in [0.3, 0.4) is 0 Å². The third-order valence-corrected chi connectivity index (χ3v) is 0.357. The van der Waals surface area contributed by atoms with Crippen molar-refractivity contribution in [2.24, 2.45) is 5.84 Å². The number of carboxylic acid groups (broad SMARTS) is 1. The summed E-state index contributed by atoms with van der Waals surface area (Å²) in [6.07, 6.45) is -1.23. The predicted molar refractivity (Wildman–Crippen MR) is 32.6 cm³/mol. The molecule has 0 aliphatic heterocycles. The summed E-state index contributed by atoms with van der Waals surface area (Å²) in [7, 11) is 1.65. The molecule has 0 aromatic carbocycles. The summed E-state index contributed by atoms with van der Waals surface area (Å²) < 4.78 is 0. The fourth-order valence-corrected chi connectivity index (χ4v) is 0. The molecule has 56 valence electrons. The van der Waals surface area contributed by atoms with E-state index in [1.165, 1.54) is 6.92 Å². The summed E-state index contributed by atoms with van der Waals surface area (Å²) in [6.45, 7) is 1.20. The molecule has 1 unspecified atom stereocenters. The molecule has 0 aromatic rings. The minimum atomic E-state index is -1.23. The Balaban J connectivity index is 0. The van der Waals surface area contributed by atoms with Gasteiger partial charge in [-0.3, -0.25) is 11.3 Å². The SMILES string of the molecule is CC(O)C(=O)O.CNN. The van der Waals surface area contributed by atoms with Crippen molar-refractivity contribution in [3.63, 3.8) is 0 Å². The van der Waals surface area contributed by atoms with E-state index in [9.17, 15) is 4.79 Å². The Hall–Kier alpha value is -0.650. The Morgan fingerprint density at radius 2 is 1.89 bits per heavy atom. The number of carboxylic acids is 1. The second-order valence-electron chi connectivity index (χ2n) is 1.30. The lowest BCUT2D eigenvalue weighted by molar-refractivity contribution is -0.145. The van der Waals surface area contributed by atoms with E-state index in [-0.39, 0.29) is 0 Å². The molecule has 0 amide bonds. The van der Waals surface area contributed by atoms with Crippen LogP contribution >= 0.6 is 0 Å². The van der Waals surface area contributed by atoms with E-state index in [2.05, 4.69) is 11.3 Å². The van der Waals surface area contributed by atoms with Crippen LogP contribution in [0.2, 0.25) is 0 Å². The van der Waals surface area contributed by atoms with Crippen molar-refractivity contribution in [1.82, 2.24) is 5.43 Å². The van der Waals surface area contributed by atoms with Gasteiger partial charge in [-0.25, -0.2) is 4.79 Å². The second kappa shape index (κ2) is 7.35. The van der Waals surface area contributed by atoms with Crippen LogP contribution in [0, 0.1) is 0 Å². The van der Waals surface area contributed by atoms with E-state index in [4.69, 9.17) is 10.2 Å². The van der Waals surface area contributed by atoms with E-state index in [1.807, 2.05) is 0 Å². The highest BCUT2D eigenvalue weighted by Crippen LogP contribution is 1.73. The monoisotopic (exact) mass is 136 g/mol. The average molecular weight is 136 g/mol. The molecule has 0 saturated heterocycles. The normalized spacial score (nSPS) is 11.1. The maximum absolute atomic E-state index is 9.45. The fraction of sp³-hybridized carbons (Fsp3) is 0.750. The summed E-state index contributed by atoms with van der Waals surface area (Å²) in [5.41, 5.74) is 2.25. The predicted octanol–water partition coefficient (Wildman–Crippen LogP) is -1.47.